The standard InChI is InChI=1S/C15H21N3O2/c1-10-9-13(17(2)16-10)15(20)18-8-4-6-12(18)11-5-3-7-14(11)19/h9,11-12H,3-8H2,1-2H3. The van der Waals surface area contributed by atoms with E-state index in [1.54, 1.807) is 11.7 Å². The van der Waals surface area contributed by atoms with Gasteiger partial charge < -0.3 is 4.90 Å². The van der Waals surface area contributed by atoms with Crippen molar-refractivity contribution in [2.24, 2.45) is 13.0 Å². The van der Waals surface area contributed by atoms with Crippen molar-refractivity contribution in [3.8, 4) is 0 Å². The van der Waals surface area contributed by atoms with Crippen LogP contribution in [-0.4, -0.2) is 39.0 Å². The molecule has 0 aromatic carbocycles. The van der Waals surface area contributed by atoms with E-state index in [2.05, 4.69) is 5.10 Å². The molecule has 2 heterocycles. The number of amides is 1. The van der Waals surface area contributed by atoms with Crippen molar-refractivity contribution in [1.82, 2.24) is 14.7 Å². The molecule has 3 rings (SSSR count). The topological polar surface area (TPSA) is 55.2 Å². The average molecular weight is 275 g/mol. The van der Waals surface area contributed by atoms with E-state index in [9.17, 15) is 9.59 Å². The van der Waals surface area contributed by atoms with Crippen LogP contribution >= 0.6 is 0 Å². The highest BCUT2D eigenvalue weighted by atomic mass is 16.2. The summed E-state index contributed by atoms with van der Waals surface area (Å²) in [4.78, 5) is 26.6. The SMILES string of the molecule is Cc1cc(C(=O)N2CCCC2C2CCCC2=O)n(C)n1. The number of nitrogens with zero attached hydrogens (tertiary/aromatic N) is 3. The van der Waals surface area contributed by atoms with Crippen molar-refractivity contribution >= 4 is 11.7 Å². The number of hydrogen-bond acceptors (Lipinski definition) is 3. The number of rotatable bonds is 2. The third kappa shape index (κ3) is 2.15. The molecule has 5 nitrogen and oxygen atoms in total. The number of aryl methyl sites for hydroxylation is 2. The Hall–Kier alpha value is -1.65. The fourth-order valence-corrected chi connectivity index (χ4v) is 3.67. The van der Waals surface area contributed by atoms with E-state index >= 15 is 0 Å². The summed E-state index contributed by atoms with van der Waals surface area (Å²) in [5.74, 6) is 0.432. The Labute approximate surface area is 118 Å². The Bertz CT molecular complexity index is 549. The van der Waals surface area contributed by atoms with Crippen LogP contribution < -0.4 is 0 Å². The van der Waals surface area contributed by atoms with Gasteiger partial charge in [-0.25, -0.2) is 0 Å². The summed E-state index contributed by atoms with van der Waals surface area (Å²) in [5, 5.41) is 4.24. The van der Waals surface area contributed by atoms with Crippen LogP contribution in [0.2, 0.25) is 0 Å². The predicted octanol–water partition coefficient (Wildman–Crippen LogP) is 1.70. The largest absolute Gasteiger partial charge is 0.334 e. The molecular formula is C15H21N3O2. The van der Waals surface area contributed by atoms with E-state index in [4.69, 9.17) is 0 Å². The number of hydrogen-bond donors (Lipinski definition) is 0. The lowest BCUT2D eigenvalue weighted by molar-refractivity contribution is -0.121. The molecule has 20 heavy (non-hydrogen) atoms. The zero-order valence-corrected chi connectivity index (χ0v) is 12.1. The maximum absolute atomic E-state index is 12.7. The highest BCUT2D eigenvalue weighted by Crippen LogP contribution is 2.34. The van der Waals surface area contributed by atoms with Gasteiger partial charge in [-0.05, 0) is 38.7 Å². The molecule has 1 aliphatic heterocycles. The molecule has 1 aliphatic carbocycles. The first-order valence-corrected chi connectivity index (χ1v) is 7.42. The molecule has 2 atom stereocenters. The van der Waals surface area contributed by atoms with Crippen LogP contribution in [-0.2, 0) is 11.8 Å². The molecule has 1 amide bonds. The molecule has 0 N–H and O–H groups in total. The molecule has 2 aliphatic rings. The highest BCUT2D eigenvalue weighted by Gasteiger charge is 2.40. The van der Waals surface area contributed by atoms with E-state index in [1.807, 2.05) is 17.9 Å². The Kier molecular flexibility index (Phi) is 3.36. The van der Waals surface area contributed by atoms with Crippen LogP contribution in [0.25, 0.3) is 0 Å². The van der Waals surface area contributed by atoms with Gasteiger partial charge in [0.1, 0.15) is 11.5 Å². The van der Waals surface area contributed by atoms with E-state index in [0.717, 1.165) is 37.9 Å². The first-order valence-electron chi connectivity index (χ1n) is 7.42. The van der Waals surface area contributed by atoms with Crippen molar-refractivity contribution in [2.45, 2.75) is 45.1 Å². The minimum atomic E-state index is 0.0234. The van der Waals surface area contributed by atoms with Crippen LogP contribution in [0.3, 0.4) is 0 Å². The normalized spacial score (nSPS) is 26.5. The van der Waals surface area contributed by atoms with E-state index in [-0.39, 0.29) is 17.9 Å². The molecule has 108 valence electrons. The zero-order chi connectivity index (χ0) is 14.3. The van der Waals surface area contributed by atoms with Crippen LogP contribution in [0.5, 0.6) is 0 Å². The average Bonchev–Trinajstić information content (AvgIpc) is 3.08. The molecule has 1 saturated carbocycles. The summed E-state index contributed by atoms with van der Waals surface area (Å²) < 4.78 is 1.64. The van der Waals surface area contributed by atoms with Crippen LogP contribution in [0, 0.1) is 12.8 Å². The smallest absolute Gasteiger partial charge is 0.272 e. The van der Waals surface area contributed by atoms with E-state index in [1.165, 1.54) is 0 Å². The van der Waals surface area contributed by atoms with Gasteiger partial charge in [-0.3, -0.25) is 14.3 Å². The summed E-state index contributed by atoms with van der Waals surface area (Å²) in [6, 6.07) is 1.93. The quantitative estimate of drug-likeness (QED) is 0.825. The molecule has 0 spiro atoms. The van der Waals surface area contributed by atoms with Crippen molar-refractivity contribution in [2.75, 3.05) is 6.54 Å². The zero-order valence-electron chi connectivity index (χ0n) is 12.1. The van der Waals surface area contributed by atoms with Gasteiger partial charge in [0.05, 0.1) is 5.69 Å². The third-order valence-corrected chi connectivity index (χ3v) is 4.60. The Balaban J connectivity index is 1.83. The number of carbonyl (C=O) groups is 2. The molecule has 5 heteroatoms. The number of ketones is 1. The lowest BCUT2D eigenvalue weighted by Gasteiger charge is -2.28. The second-order valence-electron chi connectivity index (χ2n) is 5.97. The van der Waals surface area contributed by atoms with Crippen molar-refractivity contribution < 1.29 is 9.59 Å². The Morgan fingerprint density at radius 3 is 2.75 bits per heavy atom. The molecule has 2 fully saturated rings. The molecule has 1 saturated heterocycles. The van der Waals surface area contributed by atoms with Crippen molar-refractivity contribution in [3.63, 3.8) is 0 Å². The molecule has 1 aromatic rings. The maximum atomic E-state index is 12.7. The van der Waals surface area contributed by atoms with Gasteiger partial charge in [0.25, 0.3) is 5.91 Å². The first-order chi connectivity index (χ1) is 9.58. The minimum Gasteiger partial charge on any atom is -0.334 e. The van der Waals surface area contributed by atoms with Crippen molar-refractivity contribution in [1.29, 1.82) is 0 Å². The van der Waals surface area contributed by atoms with E-state index in [0.29, 0.717) is 17.9 Å². The Morgan fingerprint density at radius 1 is 1.35 bits per heavy atom. The third-order valence-electron chi connectivity index (χ3n) is 4.60. The highest BCUT2D eigenvalue weighted by molar-refractivity contribution is 5.94. The fourth-order valence-electron chi connectivity index (χ4n) is 3.67. The summed E-state index contributed by atoms with van der Waals surface area (Å²) in [6.07, 6.45) is 4.56. The molecule has 2 unspecified atom stereocenters. The van der Waals surface area contributed by atoms with E-state index < -0.39 is 0 Å². The van der Waals surface area contributed by atoms with Gasteiger partial charge in [-0.1, -0.05) is 0 Å². The second kappa shape index (κ2) is 5.04. The van der Waals surface area contributed by atoms with Gasteiger partial charge in [-0.2, -0.15) is 5.10 Å². The number of Topliss-reactive ketones (excluding diaryl/α,β-unsaturated/α-hetero) is 1. The predicted molar refractivity (Wildman–Crippen MR) is 74.4 cm³/mol. The second-order valence-corrected chi connectivity index (χ2v) is 5.97. The van der Waals surface area contributed by atoms with Crippen LogP contribution in [0.4, 0.5) is 0 Å². The molecule has 0 radical (unpaired) electrons. The number of carbonyl (C=O) groups excluding carboxylic acids is 2. The number of aromatic nitrogens is 2. The summed E-state index contributed by atoms with van der Waals surface area (Å²) in [6.45, 7) is 2.65. The van der Waals surface area contributed by atoms with Gasteiger partial charge in [0.15, 0.2) is 0 Å². The minimum absolute atomic E-state index is 0.0234. The maximum Gasteiger partial charge on any atom is 0.272 e. The van der Waals surface area contributed by atoms with Gasteiger partial charge in [-0.15, -0.1) is 0 Å². The monoisotopic (exact) mass is 275 g/mol. The van der Waals surface area contributed by atoms with Crippen LogP contribution in [0.15, 0.2) is 6.07 Å². The molecule has 1 aromatic heterocycles. The lowest BCUT2D eigenvalue weighted by Crippen LogP contribution is -2.42. The van der Waals surface area contributed by atoms with Crippen LogP contribution in [0.1, 0.15) is 48.3 Å². The summed E-state index contributed by atoms with van der Waals surface area (Å²) in [7, 11) is 1.80. The van der Waals surface area contributed by atoms with Gasteiger partial charge >= 0.3 is 0 Å². The molecular weight excluding hydrogens is 254 g/mol. The summed E-state index contributed by atoms with van der Waals surface area (Å²) >= 11 is 0. The summed E-state index contributed by atoms with van der Waals surface area (Å²) in [5.41, 5.74) is 1.48. The van der Waals surface area contributed by atoms with Gasteiger partial charge in [0.2, 0.25) is 0 Å². The number of likely N-dealkylation sites (tertiary alicyclic amines) is 1. The Morgan fingerprint density at radius 2 is 2.15 bits per heavy atom. The van der Waals surface area contributed by atoms with Crippen molar-refractivity contribution in [3.05, 3.63) is 17.5 Å². The lowest BCUT2D eigenvalue weighted by atomic mass is 9.95. The first kappa shape index (κ1) is 13.3. The van der Waals surface area contributed by atoms with Gasteiger partial charge in [0, 0.05) is 32.0 Å². The fraction of sp³-hybridized carbons (Fsp3) is 0.667. The molecule has 0 bridgehead atoms.